The molecule has 156 valence electrons. The van der Waals surface area contributed by atoms with Gasteiger partial charge in [-0.15, -0.1) is 0 Å². The minimum absolute atomic E-state index is 0.125. The van der Waals surface area contributed by atoms with Gasteiger partial charge in [-0.1, -0.05) is 19.1 Å². The first-order valence-corrected chi connectivity index (χ1v) is 9.30. The second-order valence-corrected chi connectivity index (χ2v) is 7.25. The lowest BCUT2D eigenvalue weighted by Gasteiger charge is -2.33. The van der Waals surface area contributed by atoms with Crippen LogP contribution in [0.1, 0.15) is 32.6 Å². The predicted molar refractivity (Wildman–Crippen MR) is 96.7 cm³/mol. The standard InChI is InChI=1S/C19H22FN3O6/c1-12-6-8-19(9-7-12)17(26)23(18(27)21-19)22-15(24)10-29-16(25)11-28-14-5-3-2-4-13(14)20/h2-5,12H,6-11H2,1H3,(H,21,27)(H,22,24). The number of ether oxygens (including phenoxy) is 2. The number of carbonyl (C=O) groups is 4. The molecule has 0 aromatic heterocycles. The lowest BCUT2D eigenvalue weighted by atomic mass is 9.77. The van der Waals surface area contributed by atoms with Gasteiger partial charge in [-0.05, 0) is 43.7 Å². The number of benzene rings is 1. The number of nitrogens with zero attached hydrogens (tertiary/aromatic N) is 1. The van der Waals surface area contributed by atoms with Crippen LogP contribution in [-0.2, 0) is 19.1 Å². The Morgan fingerprint density at radius 1 is 1.24 bits per heavy atom. The van der Waals surface area contributed by atoms with E-state index in [1.54, 1.807) is 0 Å². The van der Waals surface area contributed by atoms with Crippen LogP contribution >= 0.6 is 0 Å². The Morgan fingerprint density at radius 3 is 2.62 bits per heavy atom. The third-order valence-corrected chi connectivity index (χ3v) is 5.07. The van der Waals surface area contributed by atoms with Gasteiger partial charge in [0, 0.05) is 0 Å². The highest BCUT2D eigenvalue weighted by atomic mass is 19.1. The Hall–Kier alpha value is -3.17. The van der Waals surface area contributed by atoms with Crippen LogP contribution in [0.5, 0.6) is 5.75 Å². The number of nitrogens with one attached hydrogen (secondary N) is 2. The average molecular weight is 407 g/mol. The largest absolute Gasteiger partial charge is 0.479 e. The molecule has 1 saturated carbocycles. The first-order valence-electron chi connectivity index (χ1n) is 9.30. The second-order valence-electron chi connectivity index (χ2n) is 7.25. The summed E-state index contributed by atoms with van der Waals surface area (Å²) >= 11 is 0. The van der Waals surface area contributed by atoms with Crippen molar-refractivity contribution in [3.05, 3.63) is 30.1 Å². The van der Waals surface area contributed by atoms with E-state index in [-0.39, 0.29) is 5.75 Å². The maximum absolute atomic E-state index is 13.4. The Morgan fingerprint density at radius 2 is 1.93 bits per heavy atom. The topological polar surface area (TPSA) is 114 Å². The molecule has 1 heterocycles. The van der Waals surface area contributed by atoms with Crippen molar-refractivity contribution >= 4 is 23.8 Å². The first-order chi connectivity index (χ1) is 13.8. The van der Waals surface area contributed by atoms with Gasteiger partial charge in [-0.2, -0.15) is 5.01 Å². The van der Waals surface area contributed by atoms with E-state index in [0.29, 0.717) is 23.8 Å². The van der Waals surface area contributed by atoms with E-state index in [1.807, 2.05) is 0 Å². The number of imide groups is 1. The molecule has 2 N–H and O–H groups in total. The number of urea groups is 1. The number of hydrogen-bond donors (Lipinski definition) is 2. The van der Waals surface area contributed by atoms with E-state index in [4.69, 9.17) is 9.47 Å². The van der Waals surface area contributed by atoms with Crippen LogP contribution in [0.2, 0.25) is 0 Å². The summed E-state index contributed by atoms with van der Waals surface area (Å²) in [7, 11) is 0. The van der Waals surface area contributed by atoms with E-state index in [9.17, 15) is 23.6 Å². The van der Waals surface area contributed by atoms with Crippen molar-refractivity contribution in [3.63, 3.8) is 0 Å². The van der Waals surface area contributed by atoms with Crippen molar-refractivity contribution in [2.45, 2.75) is 38.1 Å². The summed E-state index contributed by atoms with van der Waals surface area (Å²) in [5.74, 6) is -2.56. The molecule has 2 fully saturated rings. The van der Waals surface area contributed by atoms with Gasteiger partial charge >= 0.3 is 12.0 Å². The number of halogens is 1. The molecule has 2 aliphatic rings. The van der Waals surface area contributed by atoms with Gasteiger partial charge in [-0.25, -0.2) is 14.0 Å². The molecule has 1 aliphatic heterocycles. The summed E-state index contributed by atoms with van der Waals surface area (Å²) in [6.07, 6.45) is 2.61. The van der Waals surface area contributed by atoms with Crippen LogP contribution in [0.4, 0.5) is 9.18 Å². The van der Waals surface area contributed by atoms with Gasteiger partial charge in [0.15, 0.2) is 24.8 Å². The molecule has 0 atom stereocenters. The lowest BCUT2D eigenvalue weighted by molar-refractivity contribution is -0.152. The zero-order chi connectivity index (χ0) is 21.0. The SMILES string of the molecule is CC1CCC2(CC1)NC(=O)N(NC(=O)COC(=O)COc1ccccc1F)C2=O. The molecule has 0 radical (unpaired) electrons. The van der Waals surface area contributed by atoms with E-state index in [2.05, 4.69) is 17.7 Å². The van der Waals surface area contributed by atoms with E-state index in [0.717, 1.165) is 12.8 Å². The highest BCUT2D eigenvalue weighted by Gasteiger charge is 2.52. The Bertz CT molecular complexity index is 822. The Balaban J connectivity index is 1.45. The maximum Gasteiger partial charge on any atom is 0.344 e. The summed E-state index contributed by atoms with van der Waals surface area (Å²) in [5, 5.41) is 3.29. The summed E-state index contributed by atoms with van der Waals surface area (Å²) < 4.78 is 23.1. The minimum atomic E-state index is -0.985. The average Bonchev–Trinajstić information content (AvgIpc) is 2.92. The molecule has 29 heavy (non-hydrogen) atoms. The van der Waals surface area contributed by atoms with Gasteiger partial charge in [-0.3, -0.25) is 15.0 Å². The number of hydrazine groups is 1. The first kappa shape index (κ1) is 20.6. The van der Waals surface area contributed by atoms with Crippen molar-refractivity contribution < 1.29 is 33.0 Å². The normalized spacial score (nSPS) is 23.7. The number of hydrogen-bond acceptors (Lipinski definition) is 6. The van der Waals surface area contributed by atoms with Gasteiger partial charge in [0.05, 0.1) is 0 Å². The molecule has 1 aromatic rings. The van der Waals surface area contributed by atoms with Crippen molar-refractivity contribution in [1.82, 2.24) is 15.8 Å². The van der Waals surface area contributed by atoms with E-state index in [1.165, 1.54) is 24.3 Å². The third kappa shape index (κ3) is 4.64. The zero-order valence-electron chi connectivity index (χ0n) is 15.9. The third-order valence-electron chi connectivity index (χ3n) is 5.07. The van der Waals surface area contributed by atoms with Gasteiger partial charge in [0.25, 0.3) is 11.8 Å². The van der Waals surface area contributed by atoms with Crippen molar-refractivity contribution in [2.24, 2.45) is 5.92 Å². The molecule has 0 unspecified atom stereocenters. The highest BCUT2D eigenvalue weighted by molar-refractivity contribution is 6.08. The van der Waals surface area contributed by atoms with Crippen LogP contribution in [0.15, 0.2) is 24.3 Å². The van der Waals surface area contributed by atoms with Crippen LogP contribution in [-0.4, -0.2) is 47.6 Å². The van der Waals surface area contributed by atoms with Gasteiger partial charge < -0.3 is 14.8 Å². The number of esters is 1. The lowest BCUT2D eigenvalue weighted by Crippen LogP contribution is -2.52. The Labute approximate surface area is 166 Å². The fourth-order valence-corrected chi connectivity index (χ4v) is 3.36. The monoisotopic (exact) mass is 407 g/mol. The molecule has 1 aromatic carbocycles. The molecule has 1 aliphatic carbocycles. The molecule has 0 bridgehead atoms. The van der Waals surface area contributed by atoms with Crippen LogP contribution in [0.3, 0.4) is 0 Å². The molecular weight excluding hydrogens is 385 g/mol. The van der Waals surface area contributed by atoms with Crippen molar-refractivity contribution in [2.75, 3.05) is 13.2 Å². The number of para-hydroxylation sites is 1. The van der Waals surface area contributed by atoms with Crippen LogP contribution < -0.4 is 15.5 Å². The minimum Gasteiger partial charge on any atom is -0.479 e. The molecular formula is C19H22FN3O6. The number of amides is 4. The fourth-order valence-electron chi connectivity index (χ4n) is 3.36. The quantitative estimate of drug-likeness (QED) is 0.542. The molecule has 1 spiro atoms. The van der Waals surface area contributed by atoms with Gasteiger partial charge in [0.1, 0.15) is 5.54 Å². The molecule has 10 heteroatoms. The van der Waals surface area contributed by atoms with E-state index < -0.39 is 48.4 Å². The predicted octanol–water partition coefficient (Wildman–Crippen LogP) is 1.28. The number of rotatable bonds is 6. The van der Waals surface area contributed by atoms with Gasteiger partial charge in [0.2, 0.25) is 0 Å². The molecule has 4 amide bonds. The summed E-state index contributed by atoms with van der Waals surface area (Å²) in [6, 6.07) is 4.81. The van der Waals surface area contributed by atoms with Crippen molar-refractivity contribution in [1.29, 1.82) is 0 Å². The van der Waals surface area contributed by atoms with Crippen LogP contribution in [0.25, 0.3) is 0 Å². The Kier molecular flexibility index (Phi) is 6.00. The van der Waals surface area contributed by atoms with Crippen LogP contribution in [0, 0.1) is 11.7 Å². The molecule has 3 rings (SSSR count). The fraction of sp³-hybridized carbons (Fsp3) is 0.474. The second kappa shape index (κ2) is 8.46. The summed E-state index contributed by atoms with van der Waals surface area (Å²) in [6.45, 7) is 0.761. The summed E-state index contributed by atoms with van der Waals surface area (Å²) in [4.78, 5) is 48.4. The summed E-state index contributed by atoms with van der Waals surface area (Å²) in [5.41, 5.74) is 1.17. The maximum atomic E-state index is 13.4. The molecule has 1 saturated heterocycles. The zero-order valence-corrected chi connectivity index (χ0v) is 15.9. The van der Waals surface area contributed by atoms with Crippen molar-refractivity contribution in [3.8, 4) is 5.75 Å². The smallest absolute Gasteiger partial charge is 0.344 e. The van der Waals surface area contributed by atoms with E-state index >= 15 is 0 Å². The molecule has 9 nitrogen and oxygen atoms in total. The highest BCUT2D eigenvalue weighted by Crippen LogP contribution is 2.35. The number of carbonyl (C=O) groups excluding carboxylic acids is 4.